The predicted octanol–water partition coefficient (Wildman–Crippen LogP) is 8.95. The van der Waals surface area contributed by atoms with Crippen molar-refractivity contribution in [1.29, 1.82) is 5.26 Å². The molecule has 0 aromatic heterocycles. The lowest BCUT2D eigenvalue weighted by Crippen LogP contribution is -2.57. The molecule has 7 aromatic carbocycles. The van der Waals surface area contributed by atoms with E-state index < -0.39 is 0 Å². The summed E-state index contributed by atoms with van der Waals surface area (Å²) in [7, 11) is 0. The monoisotopic (exact) mass is 595 g/mol. The van der Waals surface area contributed by atoms with Crippen LogP contribution in [0.1, 0.15) is 55.5 Å². The molecular weight excluding hydrogens is 565 g/mol. The molecule has 0 radical (unpaired) electrons. The molecule has 4 aliphatic rings. The van der Waals surface area contributed by atoms with Crippen molar-refractivity contribution in [3.8, 4) is 50.6 Å². The maximum atomic E-state index is 10.5. The first-order valence-corrected chi connectivity index (χ1v) is 16.8. The number of hydrogen-bond acceptors (Lipinski definition) is 1. The maximum Gasteiger partial charge on any atom is 0.244 e. The van der Waals surface area contributed by atoms with Crippen LogP contribution >= 0.6 is 0 Å². The van der Waals surface area contributed by atoms with Crippen LogP contribution in [-0.2, 0) is 10.8 Å². The van der Waals surface area contributed by atoms with E-state index in [-0.39, 0.29) is 17.5 Å². The Labute approximate surface area is 275 Å². The van der Waals surface area contributed by atoms with Crippen molar-refractivity contribution >= 4 is 44.6 Å². The summed E-state index contributed by atoms with van der Waals surface area (Å²) in [5.41, 5.74) is 20.5. The van der Waals surface area contributed by atoms with Gasteiger partial charge in [-0.2, -0.15) is 5.26 Å². The fourth-order valence-corrected chi connectivity index (χ4v) is 10.2. The highest BCUT2D eigenvalue weighted by Crippen LogP contribution is 2.56. The fraction of sp³-hybridized carbons (Fsp3) is 0.133. The van der Waals surface area contributed by atoms with Gasteiger partial charge in [-0.05, 0) is 113 Å². The predicted molar refractivity (Wildman–Crippen MR) is 197 cm³/mol. The average molecular weight is 596 g/mol. The Kier molecular flexibility index (Phi) is 4.45. The standard InChI is InChI=1S/C45H30BN/c1-44(2)33-15-7-5-11-25(33)39-27-13-9-17-37-41(27)29(21-35(39)44)31-19-24(23-47)20-32-30-22-36-40(26-12-6-8-16-34(26)45(36,3)4)28-14-10-18-38(42(28)30)46(37)43(31)32/h5-22H,1-4H3. The summed E-state index contributed by atoms with van der Waals surface area (Å²) in [4.78, 5) is 0. The second kappa shape index (κ2) is 8.12. The maximum absolute atomic E-state index is 10.5. The Hall–Kier alpha value is -5.39. The van der Waals surface area contributed by atoms with Gasteiger partial charge in [0, 0.05) is 10.8 Å². The third-order valence-electron chi connectivity index (χ3n) is 12.3. The lowest BCUT2D eigenvalue weighted by Gasteiger charge is -2.36. The summed E-state index contributed by atoms with van der Waals surface area (Å²) in [6.45, 7) is 9.55. The van der Waals surface area contributed by atoms with E-state index in [0.717, 1.165) is 5.56 Å². The van der Waals surface area contributed by atoms with Crippen LogP contribution in [0.2, 0.25) is 0 Å². The summed E-state index contributed by atoms with van der Waals surface area (Å²) in [6.07, 6.45) is 0. The van der Waals surface area contributed by atoms with Gasteiger partial charge in [0.1, 0.15) is 0 Å². The van der Waals surface area contributed by atoms with Gasteiger partial charge < -0.3 is 0 Å². The summed E-state index contributed by atoms with van der Waals surface area (Å²) < 4.78 is 0. The van der Waals surface area contributed by atoms with E-state index in [0.29, 0.717) is 0 Å². The molecule has 0 saturated carbocycles. The Morgan fingerprint density at radius 3 is 1.43 bits per heavy atom. The minimum absolute atomic E-state index is 0.0885. The SMILES string of the molecule is CC1(C)c2ccccc2-c2c1cc1c3c(cccc23)B2c3c-1cc(C#N)cc3-c1cc3c(c4cccc2c14)-c1ccccc1C3(C)C. The Morgan fingerprint density at radius 2 is 0.957 bits per heavy atom. The van der Waals surface area contributed by atoms with Gasteiger partial charge in [-0.25, -0.2) is 0 Å². The molecule has 2 aliphatic carbocycles. The second-order valence-corrected chi connectivity index (χ2v) is 15.1. The lowest BCUT2D eigenvalue weighted by atomic mass is 9.31. The zero-order valence-corrected chi connectivity index (χ0v) is 26.9. The van der Waals surface area contributed by atoms with Crippen LogP contribution in [-0.4, -0.2) is 6.71 Å². The highest BCUT2D eigenvalue weighted by atomic mass is 14.4. The van der Waals surface area contributed by atoms with E-state index in [1.54, 1.807) is 0 Å². The Bertz CT molecular complexity index is 2520. The number of fused-ring (bicyclic) bond motifs is 12. The van der Waals surface area contributed by atoms with E-state index in [1.807, 2.05) is 0 Å². The molecule has 47 heavy (non-hydrogen) atoms. The van der Waals surface area contributed by atoms with Crippen molar-refractivity contribution < 1.29 is 0 Å². The van der Waals surface area contributed by atoms with Crippen molar-refractivity contribution in [2.45, 2.75) is 38.5 Å². The zero-order chi connectivity index (χ0) is 31.6. The van der Waals surface area contributed by atoms with Crippen molar-refractivity contribution in [3.63, 3.8) is 0 Å². The van der Waals surface area contributed by atoms with Gasteiger partial charge in [0.2, 0.25) is 6.71 Å². The first-order chi connectivity index (χ1) is 22.8. The van der Waals surface area contributed by atoms with Gasteiger partial charge in [-0.1, -0.05) is 129 Å². The van der Waals surface area contributed by atoms with Crippen LogP contribution in [0.25, 0.3) is 66.1 Å². The number of nitriles is 1. The summed E-state index contributed by atoms with van der Waals surface area (Å²) in [5.74, 6) is 0. The molecule has 0 N–H and O–H groups in total. The van der Waals surface area contributed by atoms with Gasteiger partial charge in [-0.15, -0.1) is 0 Å². The molecule has 2 aliphatic heterocycles. The average Bonchev–Trinajstić information content (AvgIpc) is 3.47. The van der Waals surface area contributed by atoms with Gasteiger partial charge in [0.15, 0.2) is 0 Å². The molecule has 0 fully saturated rings. The van der Waals surface area contributed by atoms with Crippen molar-refractivity contribution in [2.75, 3.05) is 0 Å². The van der Waals surface area contributed by atoms with Crippen molar-refractivity contribution in [3.05, 3.63) is 137 Å². The first kappa shape index (κ1) is 25.8. The summed E-state index contributed by atoms with van der Waals surface area (Å²) in [5, 5.41) is 15.8. The van der Waals surface area contributed by atoms with E-state index in [2.05, 4.69) is 143 Å². The normalized spacial score (nSPS) is 15.9. The third-order valence-corrected chi connectivity index (χ3v) is 12.3. The van der Waals surface area contributed by atoms with Crippen LogP contribution in [0.15, 0.2) is 109 Å². The highest BCUT2D eigenvalue weighted by Gasteiger charge is 2.44. The molecule has 0 saturated heterocycles. The van der Waals surface area contributed by atoms with Gasteiger partial charge in [0.25, 0.3) is 0 Å². The quantitative estimate of drug-likeness (QED) is 0.161. The van der Waals surface area contributed by atoms with Gasteiger partial charge >= 0.3 is 0 Å². The van der Waals surface area contributed by atoms with Crippen LogP contribution < -0.4 is 16.4 Å². The van der Waals surface area contributed by atoms with Crippen LogP contribution in [0.4, 0.5) is 0 Å². The Balaban J connectivity index is 1.32. The number of hydrogen-bond donors (Lipinski definition) is 0. The number of nitrogens with zero attached hydrogens (tertiary/aromatic N) is 1. The smallest absolute Gasteiger partial charge is 0.192 e. The zero-order valence-electron chi connectivity index (χ0n) is 26.9. The van der Waals surface area contributed by atoms with Crippen molar-refractivity contribution in [1.82, 2.24) is 0 Å². The number of rotatable bonds is 0. The molecule has 0 spiro atoms. The molecule has 0 bridgehead atoms. The van der Waals surface area contributed by atoms with E-state index >= 15 is 0 Å². The fourth-order valence-electron chi connectivity index (χ4n) is 10.2. The van der Waals surface area contributed by atoms with Crippen LogP contribution in [0.3, 0.4) is 0 Å². The van der Waals surface area contributed by atoms with Crippen LogP contribution in [0, 0.1) is 11.3 Å². The Morgan fingerprint density at radius 1 is 0.489 bits per heavy atom. The lowest BCUT2D eigenvalue weighted by molar-refractivity contribution is 0.661. The molecule has 11 rings (SSSR count). The molecular formula is C45H30BN. The molecule has 2 heteroatoms. The molecule has 0 unspecified atom stereocenters. The minimum Gasteiger partial charge on any atom is -0.192 e. The summed E-state index contributed by atoms with van der Waals surface area (Å²) >= 11 is 0. The molecule has 0 amide bonds. The molecule has 2 heterocycles. The topological polar surface area (TPSA) is 23.8 Å². The first-order valence-electron chi connectivity index (χ1n) is 16.8. The van der Waals surface area contributed by atoms with Crippen LogP contribution in [0.5, 0.6) is 0 Å². The van der Waals surface area contributed by atoms with E-state index in [1.165, 1.54) is 105 Å². The highest BCUT2D eigenvalue weighted by molar-refractivity contribution is 7.01. The van der Waals surface area contributed by atoms with Crippen molar-refractivity contribution in [2.24, 2.45) is 0 Å². The molecule has 218 valence electrons. The van der Waals surface area contributed by atoms with Gasteiger partial charge in [-0.3, -0.25) is 0 Å². The molecule has 7 aromatic rings. The molecule has 1 nitrogen and oxygen atoms in total. The molecule has 0 atom stereocenters. The summed E-state index contributed by atoms with van der Waals surface area (Å²) in [6, 6.07) is 43.8. The largest absolute Gasteiger partial charge is 0.244 e. The van der Waals surface area contributed by atoms with E-state index in [4.69, 9.17) is 0 Å². The van der Waals surface area contributed by atoms with Gasteiger partial charge in [0.05, 0.1) is 11.6 Å². The third kappa shape index (κ3) is 2.82. The minimum atomic E-state index is -0.115. The van der Waals surface area contributed by atoms with E-state index in [9.17, 15) is 5.26 Å². The second-order valence-electron chi connectivity index (χ2n) is 15.1. The number of benzene rings is 7.